The zero-order valence-corrected chi connectivity index (χ0v) is 11.7. The number of ether oxygens (including phenoxy) is 1. The van der Waals surface area contributed by atoms with Gasteiger partial charge in [-0.25, -0.2) is 9.78 Å². The van der Waals surface area contributed by atoms with Crippen molar-refractivity contribution < 1.29 is 14.6 Å². The Morgan fingerprint density at radius 1 is 1.40 bits per heavy atom. The third kappa shape index (κ3) is 2.04. The van der Waals surface area contributed by atoms with Gasteiger partial charge < -0.3 is 14.8 Å². The highest BCUT2D eigenvalue weighted by Gasteiger charge is 2.16. The highest BCUT2D eigenvalue weighted by atomic mass is 32.1. The van der Waals surface area contributed by atoms with Crippen LogP contribution in [-0.4, -0.2) is 28.2 Å². The Balaban J connectivity index is 2.10. The van der Waals surface area contributed by atoms with Gasteiger partial charge in [-0.15, -0.1) is 11.3 Å². The number of H-pyrrole nitrogens is 1. The zero-order chi connectivity index (χ0) is 14.3. The van der Waals surface area contributed by atoms with Crippen LogP contribution in [0.25, 0.3) is 21.6 Å². The van der Waals surface area contributed by atoms with E-state index in [-0.39, 0.29) is 4.88 Å². The normalized spacial score (nSPS) is 10.9. The Bertz CT molecular complexity index is 804. The van der Waals surface area contributed by atoms with E-state index in [1.807, 2.05) is 24.3 Å². The van der Waals surface area contributed by atoms with Gasteiger partial charge in [0.2, 0.25) is 0 Å². The number of rotatable bonds is 3. The summed E-state index contributed by atoms with van der Waals surface area (Å²) in [4.78, 5) is 18.9. The van der Waals surface area contributed by atoms with E-state index < -0.39 is 5.97 Å². The quantitative estimate of drug-likeness (QED) is 0.775. The van der Waals surface area contributed by atoms with Crippen molar-refractivity contribution >= 4 is 28.2 Å². The van der Waals surface area contributed by atoms with Gasteiger partial charge in [0.1, 0.15) is 15.6 Å². The highest BCUT2D eigenvalue weighted by molar-refractivity contribution is 7.17. The summed E-state index contributed by atoms with van der Waals surface area (Å²) >= 11 is 1.17. The molecule has 0 amide bonds. The van der Waals surface area contributed by atoms with Gasteiger partial charge in [0, 0.05) is 10.9 Å². The number of hydrogen-bond donors (Lipinski definition) is 2. The summed E-state index contributed by atoms with van der Waals surface area (Å²) in [5.41, 5.74) is 2.31. The average Bonchev–Trinajstić information content (AvgIpc) is 3.00. The SMILES string of the molecule is COc1ccc2[nH]c(-c3nc(C)c(C(=O)O)s3)cc2c1. The molecule has 0 fully saturated rings. The minimum absolute atomic E-state index is 0.274. The van der Waals surface area contributed by atoms with E-state index in [2.05, 4.69) is 9.97 Å². The van der Waals surface area contributed by atoms with E-state index in [0.717, 1.165) is 22.3 Å². The summed E-state index contributed by atoms with van der Waals surface area (Å²) in [6, 6.07) is 7.67. The standard InChI is InChI=1S/C14H12N2O3S/c1-7-12(14(17)18)20-13(15-7)11-6-8-5-9(19-2)3-4-10(8)16-11/h3-6,16H,1-2H3,(H,17,18). The first-order valence-electron chi connectivity index (χ1n) is 5.96. The number of aromatic carboxylic acids is 1. The summed E-state index contributed by atoms with van der Waals surface area (Å²) in [6.45, 7) is 1.70. The van der Waals surface area contributed by atoms with Crippen molar-refractivity contribution in [1.82, 2.24) is 9.97 Å². The van der Waals surface area contributed by atoms with E-state index >= 15 is 0 Å². The molecule has 0 spiro atoms. The number of methoxy groups -OCH3 is 1. The lowest BCUT2D eigenvalue weighted by Gasteiger charge is -1.97. The molecule has 0 unspecified atom stereocenters. The molecule has 0 aliphatic rings. The van der Waals surface area contributed by atoms with E-state index in [1.54, 1.807) is 14.0 Å². The minimum atomic E-state index is -0.941. The summed E-state index contributed by atoms with van der Waals surface area (Å²) in [5.74, 6) is -0.159. The Morgan fingerprint density at radius 2 is 2.20 bits per heavy atom. The number of thiazole rings is 1. The number of carbonyl (C=O) groups is 1. The van der Waals surface area contributed by atoms with Crippen LogP contribution in [0.1, 0.15) is 15.4 Å². The molecule has 3 rings (SSSR count). The monoisotopic (exact) mass is 288 g/mol. The molecule has 0 aliphatic heterocycles. The fraction of sp³-hybridized carbons (Fsp3) is 0.143. The van der Waals surface area contributed by atoms with Crippen molar-refractivity contribution in [1.29, 1.82) is 0 Å². The van der Waals surface area contributed by atoms with Gasteiger partial charge in [-0.1, -0.05) is 0 Å². The van der Waals surface area contributed by atoms with Crippen LogP contribution in [0, 0.1) is 6.92 Å². The molecule has 0 atom stereocenters. The predicted molar refractivity (Wildman–Crippen MR) is 77.7 cm³/mol. The number of carboxylic acids is 1. The third-order valence-electron chi connectivity index (χ3n) is 3.05. The van der Waals surface area contributed by atoms with Gasteiger partial charge in [0.05, 0.1) is 18.5 Å². The number of nitrogens with one attached hydrogen (secondary N) is 1. The lowest BCUT2D eigenvalue weighted by molar-refractivity contribution is 0.0701. The third-order valence-corrected chi connectivity index (χ3v) is 4.23. The van der Waals surface area contributed by atoms with Crippen molar-refractivity contribution in [2.75, 3.05) is 7.11 Å². The maximum absolute atomic E-state index is 11.1. The average molecular weight is 288 g/mol. The molecular weight excluding hydrogens is 276 g/mol. The largest absolute Gasteiger partial charge is 0.497 e. The van der Waals surface area contributed by atoms with Crippen molar-refractivity contribution in [3.63, 3.8) is 0 Å². The maximum atomic E-state index is 11.1. The molecule has 2 N–H and O–H groups in total. The Labute approximate surface area is 118 Å². The van der Waals surface area contributed by atoms with Crippen molar-refractivity contribution in [3.8, 4) is 16.5 Å². The molecule has 0 saturated heterocycles. The van der Waals surface area contributed by atoms with E-state index in [9.17, 15) is 4.79 Å². The van der Waals surface area contributed by atoms with Crippen molar-refractivity contribution in [3.05, 3.63) is 34.8 Å². The first-order valence-corrected chi connectivity index (χ1v) is 6.78. The minimum Gasteiger partial charge on any atom is -0.497 e. The summed E-state index contributed by atoms with van der Waals surface area (Å²) in [6.07, 6.45) is 0. The molecule has 0 bridgehead atoms. The number of aromatic nitrogens is 2. The summed E-state index contributed by atoms with van der Waals surface area (Å²) in [5, 5.41) is 10.8. The molecule has 5 nitrogen and oxygen atoms in total. The molecule has 0 aliphatic carbocycles. The van der Waals surface area contributed by atoms with Crippen LogP contribution in [0.2, 0.25) is 0 Å². The molecule has 3 aromatic rings. The maximum Gasteiger partial charge on any atom is 0.347 e. The van der Waals surface area contributed by atoms with Crippen LogP contribution in [0.15, 0.2) is 24.3 Å². The van der Waals surface area contributed by atoms with Gasteiger partial charge in [0.15, 0.2) is 0 Å². The number of aromatic amines is 1. The molecule has 2 aromatic heterocycles. The van der Waals surface area contributed by atoms with Gasteiger partial charge >= 0.3 is 5.97 Å². The lowest BCUT2D eigenvalue weighted by atomic mass is 10.2. The molecule has 102 valence electrons. The number of carboxylic acid groups (broad SMARTS) is 1. The van der Waals surface area contributed by atoms with Crippen molar-refractivity contribution in [2.24, 2.45) is 0 Å². The Hall–Kier alpha value is -2.34. The smallest absolute Gasteiger partial charge is 0.347 e. The second kappa shape index (κ2) is 4.64. The van der Waals surface area contributed by atoms with Crippen LogP contribution in [0.3, 0.4) is 0 Å². The van der Waals surface area contributed by atoms with E-state index in [1.165, 1.54) is 11.3 Å². The molecule has 1 aromatic carbocycles. The number of nitrogens with zero attached hydrogens (tertiary/aromatic N) is 1. The highest BCUT2D eigenvalue weighted by Crippen LogP contribution is 2.31. The van der Waals surface area contributed by atoms with Gasteiger partial charge in [-0.3, -0.25) is 0 Å². The molecule has 0 saturated carbocycles. The first kappa shape index (κ1) is 12.7. The van der Waals surface area contributed by atoms with E-state index in [0.29, 0.717) is 10.7 Å². The van der Waals surface area contributed by atoms with Crippen LogP contribution in [0.4, 0.5) is 0 Å². The lowest BCUT2D eigenvalue weighted by Crippen LogP contribution is -1.94. The first-order chi connectivity index (χ1) is 9.58. The summed E-state index contributed by atoms with van der Waals surface area (Å²) in [7, 11) is 1.62. The van der Waals surface area contributed by atoms with E-state index in [4.69, 9.17) is 9.84 Å². The van der Waals surface area contributed by atoms with Gasteiger partial charge in [-0.2, -0.15) is 0 Å². The molecular formula is C14H12N2O3S. The second-order valence-corrected chi connectivity index (χ2v) is 5.37. The Morgan fingerprint density at radius 3 is 2.85 bits per heavy atom. The molecule has 0 radical (unpaired) electrons. The zero-order valence-electron chi connectivity index (χ0n) is 10.9. The van der Waals surface area contributed by atoms with Crippen LogP contribution in [0.5, 0.6) is 5.75 Å². The number of fused-ring (bicyclic) bond motifs is 1. The topological polar surface area (TPSA) is 75.2 Å². The van der Waals surface area contributed by atoms with Gasteiger partial charge in [-0.05, 0) is 31.2 Å². The Kier molecular flexibility index (Phi) is 2.94. The number of benzene rings is 1. The summed E-state index contributed by atoms with van der Waals surface area (Å²) < 4.78 is 5.19. The number of aryl methyl sites for hydroxylation is 1. The van der Waals surface area contributed by atoms with Gasteiger partial charge in [0.25, 0.3) is 0 Å². The van der Waals surface area contributed by atoms with Crippen LogP contribution >= 0.6 is 11.3 Å². The fourth-order valence-corrected chi connectivity index (χ4v) is 2.94. The van der Waals surface area contributed by atoms with Crippen LogP contribution in [-0.2, 0) is 0 Å². The second-order valence-electron chi connectivity index (χ2n) is 4.37. The number of hydrogen-bond acceptors (Lipinski definition) is 4. The van der Waals surface area contributed by atoms with Crippen molar-refractivity contribution in [2.45, 2.75) is 6.92 Å². The van der Waals surface area contributed by atoms with Crippen LogP contribution < -0.4 is 4.74 Å². The molecule has 2 heterocycles. The molecule has 20 heavy (non-hydrogen) atoms. The predicted octanol–water partition coefficient (Wildman–Crippen LogP) is 3.31. The fourth-order valence-electron chi connectivity index (χ4n) is 2.06. The molecule has 6 heteroatoms.